The van der Waals surface area contributed by atoms with Crippen molar-refractivity contribution in [2.24, 2.45) is 5.73 Å². The van der Waals surface area contributed by atoms with E-state index in [-0.39, 0.29) is 5.54 Å². The van der Waals surface area contributed by atoms with Gasteiger partial charge in [-0.05, 0) is 32.5 Å². The summed E-state index contributed by atoms with van der Waals surface area (Å²) in [5.41, 5.74) is 6.10. The highest BCUT2D eigenvalue weighted by molar-refractivity contribution is 4.94. The molecule has 0 bridgehead atoms. The van der Waals surface area contributed by atoms with Gasteiger partial charge in [0.1, 0.15) is 0 Å². The van der Waals surface area contributed by atoms with Gasteiger partial charge in [-0.15, -0.1) is 0 Å². The number of likely N-dealkylation sites (tertiary alicyclic amines) is 1. The zero-order valence-electron chi connectivity index (χ0n) is 9.84. The maximum atomic E-state index is 5.89. The molecule has 0 spiro atoms. The Hall–Kier alpha value is -0.120. The summed E-state index contributed by atoms with van der Waals surface area (Å²) in [7, 11) is 0. The fourth-order valence-corrected chi connectivity index (χ4v) is 2.32. The normalized spacial score (nSPS) is 22.9. The molecule has 1 aliphatic rings. The van der Waals surface area contributed by atoms with Gasteiger partial charge in [0.2, 0.25) is 0 Å². The van der Waals surface area contributed by atoms with Crippen LogP contribution in [0.25, 0.3) is 0 Å². The Kier molecular flexibility index (Phi) is 4.35. The standard InChI is InChI=1S/C11H25N3/c1-4-14-7-5-11(9-12,6-8-14)13-10(2)3/h10,13H,4-9,12H2,1-3H3. The second kappa shape index (κ2) is 5.10. The topological polar surface area (TPSA) is 41.3 Å². The van der Waals surface area contributed by atoms with Crippen molar-refractivity contribution >= 4 is 0 Å². The molecule has 0 aromatic rings. The molecule has 1 fully saturated rings. The van der Waals surface area contributed by atoms with E-state index in [0.717, 1.165) is 6.54 Å². The number of piperidine rings is 1. The van der Waals surface area contributed by atoms with E-state index in [1.807, 2.05) is 0 Å². The Labute approximate surface area is 88.0 Å². The van der Waals surface area contributed by atoms with Gasteiger partial charge in [-0.1, -0.05) is 20.8 Å². The van der Waals surface area contributed by atoms with Crippen LogP contribution in [0.1, 0.15) is 33.6 Å². The summed E-state index contributed by atoms with van der Waals surface area (Å²) in [6.07, 6.45) is 2.38. The fraction of sp³-hybridized carbons (Fsp3) is 1.00. The molecular formula is C11H25N3. The predicted molar refractivity (Wildman–Crippen MR) is 61.4 cm³/mol. The number of hydrogen-bond acceptors (Lipinski definition) is 3. The smallest absolute Gasteiger partial charge is 0.0330 e. The Morgan fingerprint density at radius 2 is 1.93 bits per heavy atom. The van der Waals surface area contributed by atoms with E-state index in [4.69, 9.17) is 5.73 Å². The monoisotopic (exact) mass is 199 g/mol. The molecule has 1 aliphatic heterocycles. The average Bonchev–Trinajstić information content (AvgIpc) is 2.18. The zero-order chi connectivity index (χ0) is 10.6. The predicted octanol–water partition coefficient (Wildman–Crippen LogP) is 0.798. The van der Waals surface area contributed by atoms with Gasteiger partial charge in [0.05, 0.1) is 0 Å². The molecule has 0 amide bonds. The molecule has 0 aromatic heterocycles. The number of rotatable bonds is 4. The number of nitrogens with one attached hydrogen (secondary N) is 1. The highest BCUT2D eigenvalue weighted by Crippen LogP contribution is 2.21. The van der Waals surface area contributed by atoms with Crippen molar-refractivity contribution in [1.82, 2.24) is 10.2 Å². The highest BCUT2D eigenvalue weighted by atomic mass is 15.2. The van der Waals surface area contributed by atoms with Crippen LogP contribution in [0.3, 0.4) is 0 Å². The van der Waals surface area contributed by atoms with Crippen LogP contribution in [0.2, 0.25) is 0 Å². The summed E-state index contributed by atoms with van der Waals surface area (Å²) in [5, 5.41) is 3.64. The van der Waals surface area contributed by atoms with E-state index < -0.39 is 0 Å². The van der Waals surface area contributed by atoms with Crippen LogP contribution in [0.4, 0.5) is 0 Å². The minimum atomic E-state index is 0.208. The van der Waals surface area contributed by atoms with E-state index in [9.17, 15) is 0 Å². The first-order chi connectivity index (χ1) is 6.62. The van der Waals surface area contributed by atoms with Crippen molar-refractivity contribution in [1.29, 1.82) is 0 Å². The van der Waals surface area contributed by atoms with Crippen LogP contribution in [0.5, 0.6) is 0 Å². The van der Waals surface area contributed by atoms with Gasteiger partial charge in [0.15, 0.2) is 0 Å². The first kappa shape index (κ1) is 12.0. The van der Waals surface area contributed by atoms with Crippen molar-refractivity contribution in [2.45, 2.75) is 45.2 Å². The van der Waals surface area contributed by atoms with Gasteiger partial charge < -0.3 is 16.0 Å². The van der Waals surface area contributed by atoms with Crippen LogP contribution in [0, 0.1) is 0 Å². The summed E-state index contributed by atoms with van der Waals surface area (Å²) in [6.45, 7) is 10.9. The van der Waals surface area contributed by atoms with Gasteiger partial charge in [-0.3, -0.25) is 0 Å². The van der Waals surface area contributed by atoms with Crippen molar-refractivity contribution in [3.05, 3.63) is 0 Å². The first-order valence-corrected chi connectivity index (χ1v) is 5.82. The Balaban J connectivity index is 2.48. The van der Waals surface area contributed by atoms with E-state index in [1.54, 1.807) is 0 Å². The lowest BCUT2D eigenvalue weighted by Gasteiger charge is -2.42. The fourth-order valence-electron chi connectivity index (χ4n) is 2.32. The van der Waals surface area contributed by atoms with E-state index >= 15 is 0 Å². The molecule has 3 heteroatoms. The van der Waals surface area contributed by atoms with Gasteiger partial charge in [-0.25, -0.2) is 0 Å². The van der Waals surface area contributed by atoms with Crippen LogP contribution in [-0.2, 0) is 0 Å². The summed E-state index contributed by atoms with van der Waals surface area (Å²) < 4.78 is 0. The van der Waals surface area contributed by atoms with E-state index in [0.29, 0.717) is 6.04 Å². The van der Waals surface area contributed by atoms with E-state index in [1.165, 1.54) is 32.5 Å². The van der Waals surface area contributed by atoms with Gasteiger partial charge >= 0.3 is 0 Å². The van der Waals surface area contributed by atoms with Crippen LogP contribution in [0.15, 0.2) is 0 Å². The molecule has 14 heavy (non-hydrogen) atoms. The lowest BCUT2D eigenvalue weighted by Crippen LogP contribution is -2.59. The average molecular weight is 199 g/mol. The Morgan fingerprint density at radius 1 is 1.36 bits per heavy atom. The molecule has 3 N–H and O–H groups in total. The Morgan fingerprint density at radius 3 is 2.29 bits per heavy atom. The third-order valence-electron chi connectivity index (χ3n) is 3.25. The molecule has 0 radical (unpaired) electrons. The summed E-state index contributed by atoms with van der Waals surface area (Å²) in [5.74, 6) is 0. The minimum absolute atomic E-state index is 0.208. The Bertz CT molecular complexity index is 160. The summed E-state index contributed by atoms with van der Waals surface area (Å²) in [4.78, 5) is 2.50. The van der Waals surface area contributed by atoms with Gasteiger partial charge in [0, 0.05) is 18.1 Å². The zero-order valence-corrected chi connectivity index (χ0v) is 9.84. The molecule has 1 heterocycles. The van der Waals surface area contributed by atoms with Crippen LogP contribution >= 0.6 is 0 Å². The van der Waals surface area contributed by atoms with Crippen LogP contribution < -0.4 is 11.1 Å². The highest BCUT2D eigenvalue weighted by Gasteiger charge is 2.32. The molecule has 0 saturated carbocycles. The number of hydrogen-bond donors (Lipinski definition) is 2. The SMILES string of the molecule is CCN1CCC(CN)(NC(C)C)CC1. The summed E-state index contributed by atoms with van der Waals surface area (Å²) >= 11 is 0. The molecule has 0 atom stereocenters. The minimum Gasteiger partial charge on any atom is -0.329 e. The lowest BCUT2D eigenvalue weighted by atomic mass is 9.87. The van der Waals surface area contributed by atoms with E-state index in [2.05, 4.69) is 31.0 Å². The summed E-state index contributed by atoms with van der Waals surface area (Å²) in [6, 6.07) is 0.534. The number of nitrogens with zero attached hydrogens (tertiary/aromatic N) is 1. The molecule has 0 aromatic carbocycles. The third kappa shape index (κ3) is 2.94. The van der Waals surface area contributed by atoms with Crippen molar-refractivity contribution < 1.29 is 0 Å². The van der Waals surface area contributed by atoms with Crippen LogP contribution in [-0.4, -0.2) is 42.7 Å². The second-order valence-electron chi connectivity index (χ2n) is 4.72. The third-order valence-corrected chi connectivity index (χ3v) is 3.25. The quantitative estimate of drug-likeness (QED) is 0.703. The van der Waals surface area contributed by atoms with Crippen molar-refractivity contribution in [3.8, 4) is 0 Å². The molecule has 1 rings (SSSR count). The molecule has 1 saturated heterocycles. The van der Waals surface area contributed by atoms with Crippen molar-refractivity contribution in [3.63, 3.8) is 0 Å². The largest absolute Gasteiger partial charge is 0.329 e. The molecule has 84 valence electrons. The molecular weight excluding hydrogens is 174 g/mol. The second-order valence-corrected chi connectivity index (χ2v) is 4.72. The molecule has 0 unspecified atom stereocenters. The molecule has 0 aliphatic carbocycles. The maximum absolute atomic E-state index is 5.89. The van der Waals surface area contributed by atoms with Crippen molar-refractivity contribution in [2.75, 3.05) is 26.2 Å². The first-order valence-electron chi connectivity index (χ1n) is 5.82. The maximum Gasteiger partial charge on any atom is 0.0330 e. The van der Waals surface area contributed by atoms with Gasteiger partial charge in [0.25, 0.3) is 0 Å². The van der Waals surface area contributed by atoms with Gasteiger partial charge in [-0.2, -0.15) is 0 Å². The number of nitrogens with two attached hydrogens (primary N) is 1. The lowest BCUT2D eigenvalue weighted by molar-refractivity contribution is 0.137. The molecule has 3 nitrogen and oxygen atoms in total.